The van der Waals surface area contributed by atoms with Crippen LogP contribution >= 0.6 is 0 Å². The Morgan fingerprint density at radius 1 is 1.38 bits per heavy atom. The fourth-order valence-electron chi connectivity index (χ4n) is 2.74. The number of nitrogens with zero attached hydrogens (tertiary/aromatic N) is 2. The Labute approximate surface area is 123 Å². The second-order valence-corrected chi connectivity index (χ2v) is 5.04. The van der Waals surface area contributed by atoms with Crippen molar-refractivity contribution in [1.82, 2.24) is 4.90 Å². The van der Waals surface area contributed by atoms with E-state index in [4.69, 9.17) is 9.47 Å². The van der Waals surface area contributed by atoms with Gasteiger partial charge in [-0.1, -0.05) is 0 Å². The van der Waals surface area contributed by atoms with E-state index in [1.165, 1.54) is 20.3 Å². The fraction of sp³-hybridized carbons (Fsp3) is 0.571. The van der Waals surface area contributed by atoms with Crippen molar-refractivity contribution in [1.29, 1.82) is 0 Å². The maximum Gasteiger partial charge on any atom is 0.277 e. The Balaban J connectivity index is 2.34. The number of methoxy groups -OCH3 is 2. The molecule has 1 atom stereocenters. The topological polar surface area (TPSA) is 85.1 Å². The Hall–Kier alpha value is -1.86. The summed E-state index contributed by atoms with van der Waals surface area (Å²) in [7, 11) is 2.95. The van der Waals surface area contributed by atoms with Gasteiger partial charge in [-0.15, -0.1) is 0 Å². The molecule has 0 spiro atoms. The predicted octanol–water partition coefficient (Wildman–Crippen LogP) is 1.57. The van der Waals surface area contributed by atoms with Crippen LogP contribution < -0.4 is 9.47 Å². The lowest BCUT2D eigenvalue weighted by atomic mass is 10.1. The summed E-state index contributed by atoms with van der Waals surface area (Å²) < 4.78 is 10.3. The van der Waals surface area contributed by atoms with E-state index >= 15 is 0 Å². The summed E-state index contributed by atoms with van der Waals surface area (Å²) in [6.07, 6.45) is 1.91. The third-order valence-electron chi connectivity index (χ3n) is 3.86. The number of nitro groups is 1. The van der Waals surface area contributed by atoms with Crippen LogP contribution in [0, 0.1) is 10.1 Å². The van der Waals surface area contributed by atoms with Crippen molar-refractivity contribution in [2.75, 3.05) is 27.4 Å². The number of hydrogen-bond donors (Lipinski definition) is 1. The molecule has 0 bridgehead atoms. The number of aliphatic hydroxyl groups excluding tert-OH is 1. The van der Waals surface area contributed by atoms with Crippen LogP contribution in [0.4, 0.5) is 5.69 Å². The molecule has 1 aromatic carbocycles. The first-order valence-electron chi connectivity index (χ1n) is 6.85. The van der Waals surface area contributed by atoms with Crippen molar-refractivity contribution in [3.05, 3.63) is 27.8 Å². The van der Waals surface area contributed by atoms with Gasteiger partial charge in [0.05, 0.1) is 31.8 Å². The molecular weight excluding hydrogens is 276 g/mol. The molecule has 7 heteroatoms. The van der Waals surface area contributed by atoms with E-state index in [9.17, 15) is 15.2 Å². The highest BCUT2D eigenvalue weighted by molar-refractivity contribution is 5.54. The van der Waals surface area contributed by atoms with E-state index in [0.29, 0.717) is 23.6 Å². The molecule has 1 aliphatic rings. The smallest absolute Gasteiger partial charge is 0.277 e. The summed E-state index contributed by atoms with van der Waals surface area (Å²) in [6, 6.07) is 3.10. The Bertz CT molecular complexity index is 520. The first kappa shape index (κ1) is 15.5. The van der Waals surface area contributed by atoms with Crippen molar-refractivity contribution in [3.8, 4) is 11.5 Å². The van der Waals surface area contributed by atoms with Crippen molar-refractivity contribution in [2.45, 2.75) is 25.4 Å². The van der Waals surface area contributed by atoms with Gasteiger partial charge in [0.25, 0.3) is 5.69 Å². The first-order chi connectivity index (χ1) is 10.1. The van der Waals surface area contributed by atoms with Crippen molar-refractivity contribution < 1.29 is 19.5 Å². The van der Waals surface area contributed by atoms with Crippen LogP contribution in [0.3, 0.4) is 0 Å². The van der Waals surface area contributed by atoms with E-state index in [1.807, 2.05) is 0 Å². The summed E-state index contributed by atoms with van der Waals surface area (Å²) >= 11 is 0. The quantitative estimate of drug-likeness (QED) is 0.633. The van der Waals surface area contributed by atoms with E-state index in [1.54, 1.807) is 6.07 Å². The van der Waals surface area contributed by atoms with Gasteiger partial charge in [-0.3, -0.25) is 15.0 Å². The lowest BCUT2D eigenvalue weighted by molar-refractivity contribution is -0.385. The Morgan fingerprint density at radius 3 is 2.62 bits per heavy atom. The molecule has 0 aliphatic carbocycles. The summed E-state index contributed by atoms with van der Waals surface area (Å²) in [6.45, 7) is 1.32. The lowest BCUT2D eigenvalue weighted by Gasteiger charge is -2.23. The molecule has 1 saturated heterocycles. The van der Waals surface area contributed by atoms with Crippen LogP contribution in [-0.2, 0) is 6.54 Å². The van der Waals surface area contributed by atoms with Crippen LogP contribution in [0.2, 0.25) is 0 Å². The molecule has 7 nitrogen and oxygen atoms in total. The number of hydrogen-bond acceptors (Lipinski definition) is 6. The zero-order valence-corrected chi connectivity index (χ0v) is 12.2. The highest BCUT2D eigenvalue weighted by Gasteiger charge is 2.27. The van der Waals surface area contributed by atoms with Crippen molar-refractivity contribution in [3.63, 3.8) is 0 Å². The normalized spacial score (nSPS) is 18.7. The molecule has 0 radical (unpaired) electrons. The van der Waals surface area contributed by atoms with Gasteiger partial charge in [-0.05, 0) is 25.5 Å². The summed E-state index contributed by atoms with van der Waals surface area (Å²) in [5.74, 6) is 0.811. The second-order valence-electron chi connectivity index (χ2n) is 5.04. The van der Waals surface area contributed by atoms with Gasteiger partial charge >= 0.3 is 0 Å². The minimum Gasteiger partial charge on any atom is -0.493 e. The third-order valence-corrected chi connectivity index (χ3v) is 3.86. The summed E-state index contributed by atoms with van der Waals surface area (Å²) in [4.78, 5) is 12.9. The lowest BCUT2D eigenvalue weighted by Crippen LogP contribution is -2.31. The minimum atomic E-state index is -0.415. The van der Waals surface area contributed by atoms with Gasteiger partial charge < -0.3 is 14.6 Å². The van der Waals surface area contributed by atoms with Gasteiger partial charge in [0.1, 0.15) is 0 Å². The number of likely N-dealkylation sites (tertiary alicyclic amines) is 1. The highest BCUT2D eigenvalue weighted by Crippen LogP contribution is 2.35. The molecule has 21 heavy (non-hydrogen) atoms. The highest BCUT2D eigenvalue weighted by atomic mass is 16.6. The second kappa shape index (κ2) is 6.73. The van der Waals surface area contributed by atoms with E-state index in [0.717, 1.165) is 19.4 Å². The maximum atomic E-state index is 11.3. The monoisotopic (exact) mass is 296 g/mol. The first-order valence-corrected chi connectivity index (χ1v) is 6.85. The zero-order valence-electron chi connectivity index (χ0n) is 12.2. The molecule has 0 aromatic heterocycles. The molecule has 2 rings (SSSR count). The number of nitro benzene ring substituents is 1. The average molecular weight is 296 g/mol. The van der Waals surface area contributed by atoms with Gasteiger partial charge in [-0.25, -0.2) is 0 Å². The van der Waals surface area contributed by atoms with Crippen LogP contribution in [0.15, 0.2) is 12.1 Å². The van der Waals surface area contributed by atoms with E-state index in [-0.39, 0.29) is 18.3 Å². The van der Waals surface area contributed by atoms with Gasteiger partial charge in [0.15, 0.2) is 11.5 Å². The van der Waals surface area contributed by atoms with Gasteiger partial charge in [0, 0.05) is 18.2 Å². The van der Waals surface area contributed by atoms with Gasteiger partial charge in [-0.2, -0.15) is 0 Å². The number of benzene rings is 1. The Morgan fingerprint density at radius 2 is 2.05 bits per heavy atom. The number of rotatable bonds is 6. The van der Waals surface area contributed by atoms with Gasteiger partial charge in [0.2, 0.25) is 0 Å². The molecule has 1 aromatic rings. The van der Waals surface area contributed by atoms with E-state index < -0.39 is 4.92 Å². The van der Waals surface area contributed by atoms with Crippen LogP contribution in [0.25, 0.3) is 0 Å². The minimum absolute atomic E-state index is 0.0104. The summed E-state index contributed by atoms with van der Waals surface area (Å²) in [5, 5.41) is 20.6. The molecule has 1 heterocycles. The molecule has 0 unspecified atom stereocenters. The van der Waals surface area contributed by atoms with Crippen LogP contribution in [-0.4, -0.2) is 48.3 Å². The summed E-state index contributed by atoms with van der Waals surface area (Å²) in [5.41, 5.74) is 0.578. The third kappa shape index (κ3) is 3.25. The molecule has 1 fully saturated rings. The molecule has 0 amide bonds. The van der Waals surface area contributed by atoms with E-state index in [2.05, 4.69) is 4.90 Å². The molecule has 1 aliphatic heterocycles. The SMILES string of the molecule is COc1cc(CN2CCC[C@H]2CO)c([N+](=O)[O-])cc1OC. The zero-order chi connectivity index (χ0) is 15.4. The molecule has 116 valence electrons. The largest absolute Gasteiger partial charge is 0.493 e. The average Bonchev–Trinajstić information content (AvgIpc) is 2.93. The Kier molecular flexibility index (Phi) is 4.98. The standard InChI is InChI=1S/C14H20N2O5/c1-20-13-6-10(8-15-5-3-4-11(15)9-17)12(16(18)19)7-14(13)21-2/h6-7,11,17H,3-5,8-9H2,1-2H3/t11-/m0/s1. The fourth-order valence-corrected chi connectivity index (χ4v) is 2.74. The van der Waals surface area contributed by atoms with Crippen LogP contribution in [0.5, 0.6) is 11.5 Å². The van der Waals surface area contributed by atoms with Crippen molar-refractivity contribution in [2.24, 2.45) is 0 Å². The molecule has 1 N–H and O–H groups in total. The molecule has 0 saturated carbocycles. The molecular formula is C14H20N2O5. The number of aliphatic hydroxyl groups is 1. The van der Waals surface area contributed by atoms with Crippen molar-refractivity contribution >= 4 is 5.69 Å². The maximum absolute atomic E-state index is 11.3. The predicted molar refractivity (Wildman–Crippen MR) is 76.7 cm³/mol. The van der Waals surface area contributed by atoms with Crippen LogP contribution in [0.1, 0.15) is 18.4 Å². The number of ether oxygens (including phenoxy) is 2.